The molecular formula is C9H12N4O. The lowest BCUT2D eigenvalue weighted by molar-refractivity contribution is 0.111. The third-order valence-electron chi connectivity index (χ3n) is 2.42. The Hall–Kier alpha value is -1.49. The number of anilines is 1. The van der Waals surface area contributed by atoms with E-state index in [1.807, 2.05) is 7.05 Å². The zero-order chi connectivity index (χ0) is 10.1. The van der Waals surface area contributed by atoms with Crippen LogP contribution in [-0.2, 0) is 13.0 Å². The van der Waals surface area contributed by atoms with Gasteiger partial charge >= 0.3 is 0 Å². The van der Waals surface area contributed by atoms with Gasteiger partial charge in [-0.2, -0.15) is 0 Å². The van der Waals surface area contributed by atoms with Crippen molar-refractivity contribution in [1.29, 1.82) is 0 Å². The van der Waals surface area contributed by atoms with E-state index >= 15 is 0 Å². The summed E-state index contributed by atoms with van der Waals surface area (Å²) in [4.78, 5) is 20.9. The first-order valence-corrected chi connectivity index (χ1v) is 4.49. The molecule has 1 aliphatic rings. The van der Waals surface area contributed by atoms with Crippen molar-refractivity contribution < 1.29 is 4.79 Å². The predicted molar refractivity (Wildman–Crippen MR) is 51.9 cm³/mol. The van der Waals surface area contributed by atoms with Gasteiger partial charge in [-0.15, -0.1) is 0 Å². The predicted octanol–water partition coefficient (Wildman–Crippen LogP) is -0.141. The topological polar surface area (TPSA) is 72.1 Å². The normalized spacial score (nSPS) is 16.4. The molecule has 2 N–H and O–H groups in total. The van der Waals surface area contributed by atoms with Crippen LogP contribution in [0.5, 0.6) is 0 Å². The van der Waals surface area contributed by atoms with Gasteiger partial charge in [0, 0.05) is 18.7 Å². The Morgan fingerprint density at radius 1 is 1.50 bits per heavy atom. The van der Waals surface area contributed by atoms with Crippen LogP contribution in [0.4, 0.5) is 5.95 Å². The molecule has 0 radical (unpaired) electrons. The lowest BCUT2D eigenvalue weighted by Crippen LogP contribution is -2.29. The van der Waals surface area contributed by atoms with Crippen molar-refractivity contribution in [2.45, 2.75) is 13.0 Å². The van der Waals surface area contributed by atoms with Crippen LogP contribution in [0.1, 0.15) is 21.7 Å². The van der Waals surface area contributed by atoms with Crippen molar-refractivity contribution in [3.63, 3.8) is 0 Å². The molecule has 0 aliphatic carbocycles. The highest BCUT2D eigenvalue weighted by Gasteiger charge is 2.19. The quantitative estimate of drug-likeness (QED) is 0.627. The number of carbonyl (C=O) groups excluding carboxylic acids is 1. The number of likely N-dealkylation sites (N-methyl/N-ethyl adjacent to an activating group) is 1. The number of aromatic nitrogens is 2. The summed E-state index contributed by atoms with van der Waals surface area (Å²) in [5, 5.41) is 0. The molecule has 0 bridgehead atoms. The van der Waals surface area contributed by atoms with E-state index in [0.29, 0.717) is 5.69 Å². The molecule has 1 aromatic rings. The van der Waals surface area contributed by atoms with Crippen LogP contribution in [-0.4, -0.2) is 34.7 Å². The number of hydrogen-bond acceptors (Lipinski definition) is 5. The maximum Gasteiger partial charge on any atom is 0.220 e. The van der Waals surface area contributed by atoms with E-state index in [9.17, 15) is 4.79 Å². The van der Waals surface area contributed by atoms with Crippen LogP contribution in [0.2, 0.25) is 0 Å². The summed E-state index contributed by atoms with van der Waals surface area (Å²) in [6.45, 7) is 1.67. The van der Waals surface area contributed by atoms with Crippen LogP contribution in [0.3, 0.4) is 0 Å². The highest BCUT2D eigenvalue weighted by Crippen LogP contribution is 2.18. The van der Waals surface area contributed by atoms with E-state index in [1.54, 1.807) is 0 Å². The van der Waals surface area contributed by atoms with Gasteiger partial charge in [0.25, 0.3) is 0 Å². The Bertz CT molecular complexity index is 377. The van der Waals surface area contributed by atoms with E-state index in [1.165, 1.54) is 0 Å². The molecule has 0 spiro atoms. The summed E-state index contributed by atoms with van der Waals surface area (Å²) in [5.41, 5.74) is 7.78. The van der Waals surface area contributed by atoms with Gasteiger partial charge in [-0.1, -0.05) is 0 Å². The summed E-state index contributed by atoms with van der Waals surface area (Å²) < 4.78 is 0. The van der Waals surface area contributed by atoms with Gasteiger partial charge in [0.05, 0.1) is 5.69 Å². The van der Waals surface area contributed by atoms with Crippen molar-refractivity contribution in [2.75, 3.05) is 19.3 Å². The summed E-state index contributed by atoms with van der Waals surface area (Å²) in [6, 6.07) is 0. The van der Waals surface area contributed by atoms with E-state index in [0.717, 1.165) is 37.1 Å². The lowest BCUT2D eigenvalue weighted by atomic mass is 10.0. The Kier molecular flexibility index (Phi) is 2.17. The number of carbonyl (C=O) groups is 1. The van der Waals surface area contributed by atoms with Gasteiger partial charge in [0.15, 0.2) is 6.29 Å². The first-order valence-electron chi connectivity index (χ1n) is 4.49. The number of nitrogens with zero attached hydrogens (tertiary/aromatic N) is 3. The third-order valence-corrected chi connectivity index (χ3v) is 2.42. The van der Waals surface area contributed by atoms with Crippen LogP contribution < -0.4 is 5.73 Å². The van der Waals surface area contributed by atoms with Gasteiger partial charge in [0.2, 0.25) is 5.95 Å². The molecule has 0 unspecified atom stereocenters. The minimum Gasteiger partial charge on any atom is -0.368 e. The maximum atomic E-state index is 10.8. The Morgan fingerprint density at radius 2 is 2.29 bits per heavy atom. The zero-order valence-electron chi connectivity index (χ0n) is 8.03. The van der Waals surface area contributed by atoms with E-state index in [2.05, 4.69) is 14.9 Å². The molecule has 5 nitrogen and oxygen atoms in total. The van der Waals surface area contributed by atoms with Crippen molar-refractivity contribution in [3.8, 4) is 0 Å². The van der Waals surface area contributed by atoms with Gasteiger partial charge in [0.1, 0.15) is 5.69 Å². The van der Waals surface area contributed by atoms with Crippen molar-refractivity contribution in [2.24, 2.45) is 0 Å². The molecule has 14 heavy (non-hydrogen) atoms. The molecule has 0 fully saturated rings. The van der Waals surface area contributed by atoms with Crippen LogP contribution in [0.15, 0.2) is 0 Å². The number of rotatable bonds is 1. The van der Waals surface area contributed by atoms with Crippen molar-refractivity contribution >= 4 is 12.2 Å². The molecule has 0 atom stereocenters. The number of hydrogen-bond donors (Lipinski definition) is 1. The summed E-state index contributed by atoms with van der Waals surface area (Å²) in [5.74, 6) is 0.182. The summed E-state index contributed by atoms with van der Waals surface area (Å²) >= 11 is 0. The van der Waals surface area contributed by atoms with E-state index < -0.39 is 0 Å². The minimum absolute atomic E-state index is 0.182. The van der Waals surface area contributed by atoms with Gasteiger partial charge in [-0.3, -0.25) is 4.79 Å². The van der Waals surface area contributed by atoms with Gasteiger partial charge in [-0.25, -0.2) is 9.97 Å². The maximum absolute atomic E-state index is 10.8. The van der Waals surface area contributed by atoms with Gasteiger partial charge < -0.3 is 10.6 Å². The fourth-order valence-electron chi connectivity index (χ4n) is 1.71. The number of fused-ring (bicyclic) bond motifs is 1. The second-order valence-electron chi connectivity index (χ2n) is 3.50. The van der Waals surface area contributed by atoms with Crippen molar-refractivity contribution in [3.05, 3.63) is 17.0 Å². The third kappa shape index (κ3) is 1.46. The minimum atomic E-state index is 0.182. The lowest BCUT2D eigenvalue weighted by Gasteiger charge is -2.24. The van der Waals surface area contributed by atoms with Crippen LogP contribution in [0.25, 0.3) is 0 Å². The SMILES string of the molecule is CN1CCc2c(C=O)nc(N)nc2C1. The van der Waals surface area contributed by atoms with Crippen LogP contribution in [0, 0.1) is 0 Å². The second-order valence-corrected chi connectivity index (χ2v) is 3.50. The monoisotopic (exact) mass is 192 g/mol. The smallest absolute Gasteiger partial charge is 0.220 e. The summed E-state index contributed by atoms with van der Waals surface area (Å²) in [6.07, 6.45) is 1.57. The molecule has 1 aliphatic heterocycles. The zero-order valence-corrected chi connectivity index (χ0v) is 8.03. The first kappa shape index (κ1) is 9.08. The van der Waals surface area contributed by atoms with E-state index in [4.69, 9.17) is 5.73 Å². The number of nitrogen functional groups attached to an aromatic ring is 1. The molecule has 0 amide bonds. The molecule has 0 saturated carbocycles. The van der Waals surface area contributed by atoms with Crippen LogP contribution >= 0.6 is 0 Å². The molecule has 0 aromatic carbocycles. The first-order chi connectivity index (χ1) is 6.70. The Balaban J connectivity index is 2.51. The standard InChI is InChI=1S/C9H12N4O/c1-13-3-2-6-7(4-13)11-9(10)12-8(6)5-14/h5H,2-4H2,1H3,(H2,10,11,12). The van der Waals surface area contributed by atoms with Crippen molar-refractivity contribution in [1.82, 2.24) is 14.9 Å². The molecule has 0 saturated heterocycles. The average Bonchev–Trinajstić information content (AvgIpc) is 2.15. The molecule has 1 aromatic heterocycles. The molecule has 2 heterocycles. The highest BCUT2D eigenvalue weighted by molar-refractivity contribution is 5.75. The molecule has 5 heteroatoms. The highest BCUT2D eigenvalue weighted by atomic mass is 16.1. The Morgan fingerprint density at radius 3 is 3.00 bits per heavy atom. The largest absolute Gasteiger partial charge is 0.368 e. The fourth-order valence-corrected chi connectivity index (χ4v) is 1.71. The Labute approximate surface area is 82.0 Å². The van der Waals surface area contributed by atoms with E-state index in [-0.39, 0.29) is 5.95 Å². The summed E-state index contributed by atoms with van der Waals surface area (Å²) in [7, 11) is 2.02. The number of nitrogens with two attached hydrogens (primary N) is 1. The van der Waals surface area contributed by atoms with Gasteiger partial charge in [-0.05, 0) is 13.5 Å². The molecule has 2 rings (SSSR count). The molecule has 74 valence electrons. The number of aldehydes is 1. The second kappa shape index (κ2) is 3.34. The fraction of sp³-hybridized carbons (Fsp3) is 0.444. The molecular weight excluding hydrogens is 180 g/mol. The average molecular weight is 192 g/mol.